The molecule has 0 amide bonds. The van der Waals surface area contributed by atoms with Crippen molar-refractivity contribution in [3.05, 3.63) is 33.5 Å². The minimum absolute atomic E-state index is 0.372. The summed E-state index contributed by atoms with van der Waals surface area (Å²) in [6.07, 6.45) is 0. The number of hydrogen-bond acceptors (Lipinski definition) is 1. The molecule has 0 atom stereocenters. The molecule has 0 aromatic heterocycles. The van der Waals surface area contributed by atoms with Crippen LogP contribution in [0, 0.1) is 24.1 Å². The monoisotopic (exact) mass is 213 g/mol. The van der Waals surface area contributed by atoms with Gasteiger partial charge < -0.3 is 0 Å². The Balaban J connectivity index is 3.39. The third-order valence-corrected chi connectivity index (χ3v) is 2.25. The van der Waals surface area contributed by atoms with Gasteiger partial charge in [0.15, 0.2) is 0 Å². The zero-order valence-electron chi connectivity index (χ0n) is 5.86. The summed E-state index contributed by atoms with van der Waals surface area (Å²) < 4.78 is 13.2. The van der Waals surface area contributed by atoms with E-state index in [1.165, 1.54) is 12.1 Å². The highest BCUT2D eigenvalue weighted by Gasteiger charge is 2.03. The van der Waals surface area contributed by atoms with Crippen LogP contribution in [0.5, 0.6) is 0 Å². The molecule has 1 nitrogen and oxygen atoms in total. The molecule has 1 rings (SSSR count). The molecule has 0 unspecified atom stereocenters. The van der Waals surface area contributed by atoms with Crippen molar-refractivity contribution in [3.8, 4) is 6.07 Å². The van der Waals surface area contributed by atoms with Crippen LogP contribution in [-0.2, 0) is 0 Å². The van der Waals surface area contributed by atoms with Crippen LogP contribution in [0.15, 0.2) is 16.6 Å². The summed E-state index contributed by atoms with van der Waals surface area (Å²) >= 11 is 3.15. The van der Waals surface area contributed by atoms with Crippen molar-refractivity contribution >= 4 is 15.9 Å². The number of nitriles is 1. The number of rotatable bonds is 0. The summed E-state index contributed by atoms with van der Waals surface area (Å²) in [5, 5.41) is 8.53. The van der Waals surface area contributed by atoms with Gasteiger partial charge in [0.2, 0.25) is 0 Å². The van der Waals surface area contributed by atoms with Crippen LogP contribution in [0.3, 0.4) is 0 Å². The number of halogens is 2. The molecule has 0 fully saturated rings. The fourth-order valence-corrected chi connectivity index (χ4v) is 1.19. The lowest BCUT2D eigenvalue weighted by Gasteiger charge is -1.99. The Morgan fingerprint density at radius 1 is 1.55 bits per heavy atom. The summed E-state index contributed by atoms with van der Waals surface area (Å²) in [6.45, 7) is 1.77. The van der Waals surface area contributed by atoms with Crippen LogP contribution in [0.1, 0.15) is 11.1 Å². The molecule has 56 valence electrons. The van der Waals surface area contributed by atoms with Crippen LogP contribution in [-0.4, -0.2) is 0 Å². The van der Waals surface area contributed by atoms with E-state index in [2.05, 4.69) is 15.9 Å². The summed E-state index contributed by atoms with van der Waals surface area (Å²) in [5.41, 5.74) is 1.14. The fourth-order valence-electron chi connectivity index (χ4n) is 0.762. The minimum atomic E-state index is -0.390. The van der Waals surface area contributed by atoms with Gasteiger partial charge in [-0.3, -0.25) is 0 Å². The molecule has 0 aliphatic rings. The smallest absolute Gasteiger partial charge is 0.125 e. The first kappa shape index (κ1) is 8.22. The highest BCUT2D eigenvalue weighted by molar-refractivity contribution is 9.10. The second-order valence-corrected chi connectivity index (χ2v) is 3.03. The van der Waals surface area contributed by atoms with Crippen LogP contribution in [0.4, 0.5) is 4.39 Å². The molecule has 11 heavy (non-hydrogen) atoms. The van der Waals surface area contributed by atoms with Gasteiger partial charge in [-0.25, -0.2) is 4.39 Å². The Kier molecular flexibility index (Phi) is 2.25. The van der Waals surface area contributed by atoms with Gasteiger partial charge in [-0.1, -0.05) is 15.9 Å². The van der Waals surface area contributed by atoms with E-state index < -0.39 is 0 Å². The summed E-state index contributed by atoms with van der Waals surface area (Å²) in [6, 6.07) is 4.47. The van der Waals surface area contributed by atoms with Gasteiger partial charge in [0, 0.05) is 4.47 Å². The lowest BCUT2D eigenvalue weighted by atomic mass is 10.1. The Morgan fingerprint density at radius 3 is 2.73 bits per heavy atom. The highest BCUT2D eigenvalue weighted by Crippen LogP contribution is 2.20. The van der Waals surface area contributed by atoms with E-state index in [4.69, 9.17) is 5.26 Å². The van der Waals surface area contributed by atoms with Crippen molar-refractivity contribution in [2.45, 2.75) is 6.92 Å². The zero-order valence-corrected chi connectivity index (χ0v) is 7.44. The average Bonchev–Trinajstić information content (AvgIpc) is 1.96. The molecule has 3 heteroatoms. The Morgan fingerprint density at radius 2 is 2.18 bits per heavy atom. The predicted molar refractivity (Wildman–Crippen MR) is 43.6 cm³/mol. The van der Waals surface area contributed by atoms with Crippen molar-refractivity contribution in [1.29, 1.82) is 5.26 Å². The Hall–Kier alpha value is -0.880. The fraction of sp³-hybridized carbons (Fsp3) is 0.125. The molecular weight excluding hydrogens is 209 g/mol. The summed E-state index contributed by atoms with van der Waals surface area (Å²) in [7, 11) is 0. The van der Waals surface area contributed by atoms with Gasteiger partial charge in [0.05, 0.1) is 11.6 Å². The topological polar surface area (TPSA) is 23.8 Å². The van der Waals surface area contributed by atoms with Crippen molar-refractivity contribution in [1.82, 2.24) is 0 Å². The maximum Gasteiger partial charge on any atom is 0.125 e. The van der Waals surface area contributed by atoms with Crippen molar-refractivity contribution < 1.29 is 4.39 Å². The number of nitrogens with zero attached hydrogens (tertiary/aromatic N) is 1. The molecule has 0 saturated heterocycles. The van der Waals surface area contributed by atoms with Gasteiger partial charge in [0.25, 0.3) is 0 Å². The van der Waals surface area contributed by atoms with E-state index in [9.17, 15) is 4.39 Å². The van der Waals surface area contributed by atoms with Crippen LogP contribution >= 0.6 is 15.9 Å². The van der Waals surface area contributed by atoms with E-state index in [-0.39, 0.29) is 5.82 Å². The van der Waals surface area contributed by atoms with Gasteiger partial charge in [-0.05, 0) is 24.6 Å². The standard InChI is InChI=1S/C8H5BrFN/c1-5-6(4-11)2-7(10)3-8(5)9/h2-3H,1H3. The molecule has 0 heterocycles. The second kappa shape index (κ2) is 3.02. The maximum atomic E-state index is 12.6. The molecular formula is C8H5BrFN. The molecule has 0 spiro atoms. The van der Waals surface area contributed by atoms with E-state index in [0.29, 0.717) is 10.0 Å². The predicted octanol–water partition coefficient (Wildman–Crippen LogP) is 2.77. The Labute approximate surface area is 72.6 Å². The number of benzene rings is 1. The van der Waals surface area contributed by atoms with Crippen molar-refractivity contribution in [3.63, 3.8) is 0 Å². The van der Waals surface area contributed by atoms with Gasteiger partial charge in [0.1, 0.15) is 5.82 Å². The maximum absolute atomic E-state index is 12.6. The molecule has 1 aromatic carbocycles. The first-order valence-electron chi connectivity index (χ1n) is 3.01. The normalized spacial score (nSPS) is 9.27. The lowest BCUT2D eigenvalue weighted by Crippen LogP contribution is -1.86. The molecule has 0 bridgehead atoms. The van der Waals surface area contributed by atoms with E-state index in [1.54, 1.807) is 6.92 Å². The first-order chi connectivity index (χ1) is 5.15. The van der Waals surface area contributed by atoms with Crippen LogP contribution in [0.2, 0.25) is 0 Å². The Bertz CT molecular complexity index is 328. The molecule has 0 saturated carbocycles. The highest BCUT2D eigenvalue weighted by atomic mass is 79.9. The van der Waals surface area contributed by atoms with E-state index in [0.717, 1.165) is 5.56 Å². The molecule has 0 aliphatic carbocycles. The molecule has 0 N–H and O–H groups in total. The zero-order chi connectivity index (χ0) is 8.43. The second-order valence-electron chi connectivity index (χ2n) is 2.17. The van der Waals surface area contributed by atoms with Crippen molar-refractivity contribution in [2.75, 3.05) is 0 Å². The third kappa shape index (κ3) is 1.58. The first-order valence-corrected chi connectivity index (χ1v) is 3.80. The van der Waals surface area contributed by atoms with Crippen LogP contribution < -0.4 is 0 Å². The number of hydrogen-bond donors (Lipinski definition) is 0. The SMILES string of the molecule is Cc1c(Br)cc(F)cc1C#N. The largest absolute Gasteiger partial charge is 0.207 e. The average molecular weight is 214 g/mol. The van der Waals surface area contributed by atoms with Gasteiger partial charge in [-0.2, -0.15) is 5.26 Å². The van der Waals surface area contributed by atoms with Crippen LogP contribution in [0.25, 0.3) is 0 Å². The summed E-state index contributed by atoms with van der Waals surface area (Å²) in [4.78, 5) is 0. The lowest BCUT2D eigenvalue weighted by molar-refractivity contribution is 0.626. The molecule has 0 radical (unpaired) electrons. The van der Waals surface area contributed by atoms with Gasteiger partial charge in [-0.15, -0.1) is 0 Å². The van der Waals surface area contributed by atoms with E-state index in [1.807, 2.05) is 6.07 Å². The third-order valence-electron chi connectivity index (χ3n) is 1.43. The quantitative estimate of drug-likeness (QED) is 0.651. The van der Waals surface area contributed by atoms with Gasteiger partial charge >= 0.3 is 0 Å². The summed E-state index contributed by atoms with van der Waals surface area (Å²) in [5.74, 6) is -0.390. The van der Waals surface area contributed by atoms with E-state index >= 15 is 0 Å². The molecule has 1 aromatic rings. The van der Waals surface area contributed by atoms with Crippen molar-refractivity contribution in [2.24, 2.45) is 0 Å². The molecule has 0 aliphatic heterocycles. The minimum Gasteiger partial charge on any atom is -0.207 e.